The van der Waals surface area contributed by atoms with Gasteiger partial charge in [-0.25, -0.2) is 5.84 Å². The fourth-order valence-electron chi connectivity index (χ4n) is 2.21. The van der Waals surface area contributed by atoms with E-state index in [1.807, 2.05) is 7.05 Å². The zero-order valence-corrected chi connectivity index (χ0v) is 10.2. The van der Waals surface area contributed by atoms with Crippen LogP contribution in [0.2, 0.25) is 0 Å². The maximum atomic E-state index is 11.7. The van der Waals surface area contributed by atoms with Gasteiger partial charge in [0.25, 0.3) is 5.91 Å². The van der Waals surface area contributed by atoms with E-state index < -0.39 is 0 Å². The van der Waals surface area contributed by atoms with E-state index >= 15 is 0 Å². The molecule has 1 rings (SSSR count). The van der Waals surface area contributed by atoms with Crippen molar-refractivity contribution in [2.24, 2.45) is 17.7 Å². The van der Waals surface area contributed by atoms with E-state index in [1.165, 1.54) is 12.8 Å². The molecule has 2 atom stereocenters. The zero-order valence-electron chi connectivity index (χ0n) is 10.2. The molecule has 88 valence electrons. The number of hydrazine groups is 1. The standard InChI is InChI=1S/C11H23N3O/c1-7(2)10(11(15)13-12)14(4)8(3)9-5-6-9/h7-10H,5-6,12H2,1-4H3,(H,13,15). The number of nitrogens with one attached hydrogen (secondary N) is 1. The van der Waals surface area contributed by atoms with Crippen LogP contribution in [0.3, 0.4) is 0 Å². The van der Waals surface area contributed by atoms with E-state index in [1.54, 1.807) is 0 Å². The molecule has 0 bridgehead atoms. The maximum Gasteiger partial charge on any atom is 0.251 e. The molecule has 0 aromatic carbocycles. The average Bonchev–Trinajstić information content (AvgIpc) is 2.99. The molecule has 15 heavy (non-hydrogen) atoms. The van der Waals surface area contributed by atoms with Gasteiger partial charge in [-0.15, -0.1) is 0 Å². The summed E-state index contributed by atoms with van der Waals surface area (Å²) in [5.41, 5.74) is 2.26. The first-order valence-electron chi connectivity index (χ1n) is 5.71. The summed E-state index contributed by atoms with van der Waals surface area (Å²) in [5.74, 6) is 6.17. The SMILES string of the molecule is CC(C)C(C(=O)NN)N(C)C(C)C1CC1. The molecule has 0 aromatic heterocycles. The van der Waals surface area contributed by atoms with Crippen LogP contribution in [0.1, 0.15) is 33.6 Å². The summed E-state index contributed by atoms with van der Waals surface area (Å²) < 4.78 is 0. The number of carbonyl (C=O) groups is 1. The van der Waals surface area contributed by atoms with Gasteiger partial charge in [0.2, 0.25) is 0 Å². The molecule has 0 aromatic rings. The third-order valence-electron chi connectivity index (χ3n) is 3.43. The van der Waals surface area contributed by atoms with Crippen molar-refractivity contribution in [2.45, 2.75) is 45.7 Å². The predicted octanol–water partition coefficient (Wildman–Crippen LogP) is 0.731. The largest absolute Gasteiger partial charge is 0.293 e. The molecule has 0 heterocycles. The molecule has 2 unspecified atom stereocenters. The van der Waals surface area contributed by atoms with Crippen LogP contribution in [0.15, 0.2) is 0 Å². The van der Waals surface area contributed by atoms with Crippen molar-refractivity contribution < 1.29 is 4.79 Å². The van der Waals surface area contributed by atoms with E-state index in [0.717, 1.165) is 5.92 Å². The van der Waals surface area contributed by atoms with Gasteiger partial charge in [-0.1, -0.05) is 13.8 Å². The number of nitrogens with zero attached hydrogens (tertiary/aromatic N) is 1. The lowest BCUT2D eigenvalue weighted by Crippen LogP contribution is -2.53. The number of nitrogens with two attached hydrogens (primary N) is 1. The van der Waals surface area contributed by atoms with E-state index in [0.29, 0.717) is 6.04 Å². The van der Waals surface area contributed by atoms with Crippen molar-refractivity contribution >= 4 is 5.91 Å². The van der Waals surface area contributed by atoms with Crippen molar-refractivity contribution in [1.29, 1.82) is 0 Å². The molecule has 1 aliphatic carbocycles. The first-order chi connectivity index (χ1) is 6.99. The highest BCUT2D eigenvalue weighted by atomic mass is 16.2. The molecule has 1 saturated carbocycles. The maximum absolute atomic E-state index is 11.7. The van der Waals surface area contributed by atoms with Crippen molar-refractivity contribution in [3.63, 3.8) is 0 Å². The van der Waals surface area contributed by atoms with Gasteiger partial charge in [0.05, 0.1) is 6.04 Å². The summed E-state index contributed by atoms with van der Waals surface area (Å²) in [7, 11) is 2.02. The van der Waals surface area contributed by atoms with Crippen LogP contribution < -0.4 is 11.3 Å². The van der Waals surface area contributed by atoms with Gasteiger partial charge >= 0.3 is 0 Å². The summed E-state index contributed by atoms with van der Waals surface area (Å²) in [4.78, 5) is 13.8. The van der Waals surface area contributed by atoms with Crippen LogP contribution in [-0.2, 0) is 4.79 Å². The number of likely N-dealkylation sites (N-methyl/N-ethyl adjacent to an activating group) is 1. The van der Waals surface area contributed by atoms with Crippen molar-refractivity contribution in [1.82, 2.24) is 10.3 Å². The summed E-state index contributed by atoms with van der Waals surface area (Å²) in [6.07, 6.45) is 2.58. The van der Waals surface area contributed by atoms with Gasteiger partial charge < -0.3 is 0 Å². The Bertz CT molecular complexity index is 226. The Morgan fingerprint density at radius 1 is 1.40 bits per heavy atom. The molecule has 4 heteroatoms. The zero-order chi connectivity index (χ0) is 11.6. The molecular weight excluding hydrogens is 190 g/mol. The molecular formula is C11H23N3O. The van der Waals surface area contributed by atoms with Crippen LogP contribution in [0.4, 0.5) is 0 Å². The lowest BCUT2D eigenvalue weighted by atomic mass is 9.99. The molecule has 4 nitrogen and oxygen atoms in total. The minimum absolute atomic E-state index is 0.0833. The first kappa shape index (κ1) is 12.5. The third-order valence-corrected chi connectivity index (χ3v) is 3.43. The summed E-state index contributed by atoms with van der Waals surface area (Å²) in [6.45, 7) is 6.29. The second kappa shape index (κ2) is 4.94. The van der Waals surface area contributed by atoms with Crippen LogP contribution in [-0.4, -0.2) is 29.9 Å². The van der Waals surface area contributed by atoms with Crippen molar-refractivity contribution in [3.05, 3.63) is 0 Å². The molecule has 3 N–H and O–H groups in total. The highest BCUT2D eigenvalue weighted by Crippen LogP contribution is 2.35. The topological polar surface area (TPSA) is 58.4 Å². The summed E-state index contributed by atoms with van der Waals surface area (Å²) >= 11 is 0. The fourth-order valence-corrected chi connectivity index (χ4v) is 2.21. The van der Waals surface area contributed by atoms with Gasteiger partial charge in [0.1, 0.15) is 0 Å². The first-order valence-corrected chi connectivity index (χ1v) is 5.71. The lowest BCUT2D eigenvalue weighted by molar-refractivity contribution is -0.128. The predicted molar refractivity (Wildman–Crippen MR) is 60.9 cm³/mol. The van der Waals surface area contributed by atoms with Crippen LogP contribution in [0.5, 0.6) is 0 Å². The van der Waals surface area contributed by atoms with Gasteiger partial charge in [-0.05, 0) is 38.6 Å². The molecule has 1 amide bonds. The van der Waals surface area contributed by atoms with E-state index in [9.17, 15) is 4.79 Å². The second-order valence-electron chi connectivity index (χ2n) is 4.94. The Balaban J connectivity index is 2.65. The molecule has 0 aliphatic heterocycles. The number of rotatable bonds is 5. The minimum atomic E-state index is -0.120. The quantitative estimate of drug-likeness (QED) is 0.402. The monoisotopic (exact) mass is 213 g/mol. The van der Waals surface area contributed by atoms with E-state index in [4.69, 9.17) is 5.84 Å². The summed E-state index contributed by atoms with van der Waals surface area (Å²) in [6, 6.07) is 0.347. The smallest absolute Gasteiger partial charge is 0.251 e. The Kier molecular flexibility index (Phi) is 4.11. The van der Waals surface area contributed by atoms with Crippen molar-refractivity contribution in [2.75, 3.05) is 7.05 Å². The second-order valence-corrected chi connectivity index (χ2v) is 4.94. The molecule has 0 spiro atoms. The van der Waals surface area contributed by atoms with Gasteiger partial charge in [0, 0.05) is 6.04 Å². The Morgan fingerprint density at radius 2 is 1.93 bits per heavy atom. The highest BCUT2D eigenvalue weighted by molar-refractivity contribution is 5.81. The lowest BCUT2D eigenvalue weighted by Gasteiger charge is -2.34. The van der Waals surface area contributed by atoms with Gasteiger partial charge in [0.15, 0.2) is 0 Å². The Hall–Kier alpha value is -0.610. The normalized spacial score (nSPS) is 20.5. The number of carbonyl (C=O) groups excluding carboxylic acids is 1. The van der Waals surface area contributed by atoms with E-state index in [-0.39, 0.29) is 17.9 Å². The number of hydrogen-bond donors (Lipinski definition) is 2. The number of amides is 1. The molecule has 0 radical (unpaired) electrons. The Labute approximate surface area is 92.2 Å². The molecule has 1 fully saturated rings. The van der Waals surface area contributed by atoms with Gasteiger partial charge in [-0.3, -0.25) is 15.1 Å². The van der Waals surface area contributed by atoms with Crippen molar-refractivity contribution in [3.8, 4) is 0 Å². The fraction of sp³-hybridized carbons (Fsp3) is 0.909. The van der Waals surface area contributed by atoms with Crippen LogP contribution >= 0.6 is 0 Å². The number of hydrogen-bond acceptors (Lipinski definition) is 3. The van der Waals surface area contributed by atoms with Crippen LogP contribution in [0, 0.1) is 11.8 Å². The van der Waals surface area contributed by atoms with Gasteiger partial charge in [-0.2, -0.15) is 0 Å². The average molecular weight is 213 g/mol. The molecule has 1 aliphatic rings. The van der Waals surface area contributed by atoms with E-state index in [2.05, 4.69) is 31.1 Å². The molecule has 0 saturated heterocycles. The summed E-state index contributed by atoms with van der Waals surface area (Å²) in [5, 5.41) is 0. The highest BCUT2D eigenvalue weighted by Gasteiger charge is 2.36. The minimum Gasteiger partial charge on any atom is -0.293 e. The van der Waals surface area contributed by atoms with Crippen LogP contribution in [0.25, 0.3) is 0 Å². The third kappa shape index (κ3) is 2.92. The Morgan fingerprint density at radius 3 is 2.27 bits per heavy atom.